The third kappa shape index (κ3) is 6.84. The number of thiazole rings is 1. The van der Waals surface area contributed by atoms with Gasteiger partial charge in [-0.05, 0) is 23.8 Å². The van der Waals surface area contributed by atoms with E-state index < -0.39 is 29.2 Å². The summed E-state index contributed by atoms with van der Waals surface area (Å²) in [6.45, 7) is 3.54. The van der Waals surface area contributed by atoms with Crippen LogP contribution in [0.3, 0.4) is 0 Å². The molecule has 1 aromatic carbocycles. The number of aliphatic carboxylic acids is 1. The molecule has 43 heavy (non-hydrogen) atoms. The van der Waals surface area contributed by atoms with Crippen molar-refractivity contribution >= 4 is 63.5 Å². The molecule has 2 amide bonds. The second-order valence-electron chi connectivity index (χ2n) is 8.56. The van der Waals surface area contributed by atoms with Gasteiger partial charge in [0.15, 0.2) is 22.3 Å². The van der Waals surface area contributed by atoms with Crippen LogP contribution in [-0.4, -0.2) is 83.3 Å². The molecule has 3 aromatic rings. The molecule has 1 fully saturated rings. The summed E-state index contributed by atoms with van der Waals surface area (Å²) in [5.41, 5.74) is 6.09. The van der Waals surface area contributed by atoms with E-state index in [1.165, 1.54) is 41.4 Å². The zero-order chi connectivity index (χ0) is 30.0. The number of fused-ring (bicyclic) bond motifs is 1. The van der Waals surface area contributed by atoms with Gasteiger partial charge in [-0.2, -0.15) is 0 Å². The number of phenolic OH excluding ortho intramolecular Hbond substituents is 2. The molecular weight excluding hydrogens is 633 g/mol. The summed E-state index contributed by atoms with van der Waals surface area (Å²) in [6, 6.07) is 2.97. The zero-order valence-electron chi connectivity index (χ0n) is 22.3. The van der Waals surface area contributed by atoms with Crippen molar-refractivity contribution in [3.63, 3.8) is 0 Å². The fourth-order valence-electron chi connectivity index (χ4n) is 3.94. The third-order valence-corrected chi connectivity index (χ3v) is 8.77. The van der Waals surface area contributed by atoms with Crippen molar-refractivity contribution in [3.8, 4) is 23.0 Å². The van der Waals surface area contributed by atoms with Crippen molar-refractivity contribution in [3.05, 3.63) is 53.2 Å². The number of nitrogens with two attached hydrogens (primary N) is 1. The molecule has 19 heteroatoms. The largest absolute Gasteiger partial charge is 1.00 e. The third-order valence-electron chi connectivity index (χ3n) is 5.85. The van der Waals surface area contributed by atoms with E-state index in [2.05, 4.69) is 32.2 Å². The maximum atomic E-state index is 13.1. The smallest absolute Gasteiger partial charge is 0.543 e. The van der Waals surface area contributed by atoms with Gasteiger partial charge in [0.25, 0.3) is 17.0 Å². The molecule has 2 aliphatic heterocycles. The fraction of sp³-hybridized carbons (Fsp3) is 0.208. The predicted octanol–water partition coefficient (Wildman–Crippen LogP) is -2.71. The van der Waals surface area contributed by atoms with Crippen molar-refractivity contribution in [2.24, 2.45) is 5.16 Å². The molecule has 4 heterocycles. The number of nitrogens with one attached hydrogen (secondary N) is 1. The monoisotopic (exact) mass is 653 g/mol. The van der Waals surface area contributed by atoms with E-state index in [-0.39, 0.29) is 92.5 Å². The van der Waals surface area contributed by atoms with Gasteiger partial charge >= 0.3 is 29.6 Å². The number of rotatable bonds is 11. The molecule has 2 aliphatic rings. The first-order chi connectivity index (χ1) is 20.2. The molecule has 0 spiro atoms. The van der Waals surface area contributed by atoms with Crippen LogP contribution in [0.25, 0.3) is 11.5 Å². The first-order valence-electron chi connectivity index (χ1n) is 11.9. The van der Waals surface area contributed by atoms with Crippen LogP contribution in [0.2, 0.25) is 0 Å². The number of β-lactam (4-membered cyclic amide) rings is 1. The number of oxime groups is 1. The summed E-state index contributed by atoms with van der Waals surface area (Å²) in [5, 5.41) is 46.6. The molecular formula is C24H20N7NaO8S3. The molecule has 0 saturated carbocycles. The number of amides is 2. The summed E-state index contributed by atoms with van der Waals surface area (Å²) in [7, 11) is 0. The average molecular weight is 654 g/mol. The number of hydrogen-bond acceptors (Lipinski definition) is 16. The number of aromatic hydroxyl groups is 2. The van der Waals surface area contributed by atoms with Crippen molar-refractivity contribution in [1.82, 2.24) is 25.4 Å². The standard InChI is InChI=1S/C24H21N7O8S3.Na/c1-2-5-38-30-15(12-9-41-23(25)26-12)18(34)27-16-20(35)31-17(22(36)37)11(7-40-21(16)31)8-42-24-29-28-19(39-24)10-3-4-13(32)14(33)6-10;/h2-4,6,9,16,21,32-33H,1,5,7-8H2,(H2,25,26)(H,27,34)(H,36,37);/q;+1/p-1/b30-15-;/t16-,21-;/m1./s1. The minimum Gasteiger partial charge on any atom is -0.543 e. The predicted molar refractivity (Wildman–Crippen MR) is 150 cm³/mol. The summed E-state index contributed by atoms with van der Waals surface area (Å²) in [4.78, 5) is 48.4. The van der Waals surface area contributed by atoms with Crippen molar-refractivity contribution < 1.29 is 68.5 Å². The van der Waals surface area contributed by atoms with Crippen LogP contribution >= 0.6 is 34.9 Å². The number of anilines is 1. The number of phenols is 2. The number of carboxylic acids is 1. The second-order valence-corrected chi connectivity index (χ2v) is 11.5. The Labute approximate surface area is 277 Å². The summed E-state index contributed by atoms with van der Waals surface area (Å²) >= 11 is 3.40. The number of thioether (sulfide) groups is 2. The Morgan fingerprint density at radius 1 is 1.35 bits per heavy atom. The zero-order valence-corrected chi connectivity index (χ0v) is 26.7. The first kappa shape index (κ1) is 32.4. The van der Waals surface area contributed by atoms with Gasteiger partial charge in [-0.3, -0.25) is 14.5 Å². The summed E-state index contributed by atoms with van der Waals surface area (Å²) in [5.74, 6) is -3.21. The van der Waals surface area contributed by atoms with E-state index in [9.17, 15) is 29.7 Å². The van der Waals surface area contributed by atoms with Crippen LogP contribution in [0.15, 0.2) is 62.3 Å². The molecule has 1 saturated heterocycles. The van der Waals surface area contributed by atoms with Gasteiger partial charge in [0.1, 0.15) is 23.7 Å². The van der Waals surface area contributed by atoms with Gasteiger partial charge in [0.05, 0.1) is 11.7 Å². The Kier molecular flexibility index (Phi) is 10.4. The number of nitrogen functional groups attached to an aromatic ring is 1. The van der Waals surface area contributed by atoms with Crippen LogP contribution in [0.5, 0.6) is 11.5 Å². The molecule has 0 unspecified atom stereocenters. The van der Waals surface area contributed by atoms with Crippen LogP contribution in [0, 0.1) is 0 Å². The molecule has 5 rings (SSSR count). The molecule has 218 valence electrons. The van der Waals surface area contributed by atoms with Gasteiger partial charge in [0, 0.05) is 22.4 Å². The van der Waals surface area contributed by atoms with Gasteiger partial charge in [-0.1, -0.05) is 29.6 Å². The number of carbonyl (C=O) groups excluding carboxylic acids is 3. The molecule has 5 N–H and O–H groups in total. The SMILES string of the molecule is C=CCO/N=C(\C(=O)N[C@@H]1C(=O)N2C(C(=O)[O-])=C(CSc3nnc(-c4ccc(O)c(O)c4)o3)CS[C@H]12)c1csc(N)n1.[Na+]. The topological polar surface area (TPSA) is 229 Å². The van der Waals surface area contributed by atoms with E-state index in [4.69, 9.17) is 15.0 Å². The Bertz CT molecular complexity index is 1640. The maximum Gasteiger partial charge on any atom is 1.00 e. The average Bonchev–Trinajstić information content (AvgIpc) is 3.62. The van der Waals surface area contributed by atoms with E-state index in [0.29, 0.717) is 11.1 Å². The number of hydrogen-bond donors (Lipinski definition) is 4. The Morgan fingerprint density at radius 3 is 2.81 bits per heavy atom. The minimum absolute atomic E-state index is 0. The first-order valence-corrected chi connectivity index (χ1v) is 14.8. The number of carboxylic acid groups (broad SMARTS) is 1. The minimum atomic E-state index is -1.54. The van der Waals surface area contributed by atoms with E-state index in [0.717, 1.165) is 28.0 Å². The van der Waals surface area contributed by atoms with Gasteiger partial charge in [-0.15, -0.1) is 33.3 Å². The summed E-state index contributed by atoms with van der Waals surface area (Å²) < 4.78 is 5.58. The van der Waals surface area contributed by atoms with Crippen molar-refractivity contribution in [1.29, 1.82) is 0 Å². The van der Waals surface area contributed by atoms with Crippen molar-refractivity contribution in [2.45, 2.75) is 16.6 Å². The fourth-order valence-corrected chi connectivity index (χ4v) is 6.73. The van der Waals surface area contributed by atoms with Gasteiger partial charge in [-0.25, -0.2) is 4.98 Å². The Hall–Kier alpha value is -3.55. The van der Waals surface area contributed by atoms with Gasteiger partial charge < -0.3 is 40.4 Å². The molecule has 15 nitrogen and oxygen atoms in total. The number of benzene rings is 1. The molecule has 2 atom stereocenters. The van der Waals surface area contributed by atoms with Crippen LogP contribution in [0.1, 0.15) is 5.69 Å². The second kappa shape index (κ2) is 13.8. The molecule has 0 radical (unpaired) electrons. The van der Waals surface area contributed by atoms with Crippen LogP contribution in [0.4, 0.5) is 5.13 Å². The van der Waals surface area contributed by atoms with E-state index in [1.807, 2.05) is 0 Å². The molecule has 2 aromatic heterocycles. The number of carbonyl (C=O) groups is 3. The number of nitrogens with zero attached hydrogens (tertiary/aromatic N) is 5. The maximum absolute atomic E-state index is 13.1. The van der Waals surface area contributed by atoms with Crippen LogP contribution in [-0.2, 0) is 19.2 Å². The van der Waals surface area contributed by atoms with E-state index >= 15 is 0 Å². The van der Waals surface area contributed by atoms with Gasteiger partial charge in [0.2, 0.25) is 5.89 Å². The Balaban J connectivity index is 0.00000423. The summed E-state index contributed by atoms with van der Waals surface area (Å²) in [6.07, 6.45) is 1.43. The molecule has 0 aliphatic carbocycles. The molecule has 0 bridgehead atoms. The van der Waals surface area contributed by atoms with Crippen molar-refractivity contribution in [2.75, 3.05) is 23.8 Å². The van der Waals surface area contributed by atoms with Crippen LogP contribution < -0.4 is 45.7 Å². The normalized spacial score (nSPS) is 17.9. The Morgan fingerprint density at radius 2 is 2.14 bits per heavy atom. The van der Waals surface area contributed by atoms with E-state index in [1.54, 1.807) is 0 Å². The number of aromatic nitrogens is 3. The quantitative estimate of drug-likeness (QED) is 0.0241.